The zero-order valence-corrected chi connectivity index (χ0v) is 12.2. The lowest BCUT2D eigenvalue weighted by atomic mass is 10.1. The molecule has 8 heteroatoms. The predicted octanol–water partition coefficient (Wildman–Crippen LogP) is 1.72. The van der Waals surface area contributed by atoms with Crippen molar-refractivity contribution in [1.82, 2.24) is 0 Å². The summed E-state index contributed by atoms with van der Waals surface area (Å²) in [6, 6.07) is 4.18. The number of phenolic OH excluding ortho intramolecular Hbond substituents is 1. The van der Waals surface area contributed by atoms with Crippen molar-refractivity contribution in [1.29, 1.82) is 0 Å². The molecule has 0 spiro atoms. The molecule has 1 aliphatic heterocycles. The summed E-state index contributed by atoms with van der Waals surface area (Å²) in [6.45, 7) is 1.42. The minimum Gasteiger partial charge on any atom is -0.504 e. The number of ether oxygens (including phenoxy) is 1. The molecule has 0 saturated carbocycles. The van der Waals surface area contributed by atoms with E-state index in [9.17, 15) is 23.6 Å². The van der Waals surface area contributed by atoms with Crippen LogP contribution in [0.4, 0.5) is 0 Å². The van der Waals surface area contributed by atoms with Gasteiger partial charge in [-0.05, 0) is 30.7 Å². The average Bonchev–Trinajstić information content (AvgIpc) is 2.61. The average molecular weight is 311 g/mol. The molecule has 0 amide bonds. The van der Waals surface area contributed by atoms with Gasteiger partial charge in [-0.15, -0.1) is 0 Å². The van der Waals surface area contributed by atoms with Gasteiger partial charge in [-0.25, -0.2) is 8.42 Å². The Labute approximate surface area is 121 Å². The second kappa shape index (κ2) is 5.21. The van der Waals surface area contributed by atoms with Crippen LogP contribution < -0.4 is 4.74 Å². The van der Waals surface area contributed by atoms with Crippen LogP contribution in [0, 0.1) is 10.1 Å². The summed E-state index contributed by atoms with van der Waals surface area (Å²) >= 11 is 0. The van der Waals surface area contributed by atoms with Crippen LogP contribution in [0.3, 0.4) is 0 Å². The first-order valence-corrected chi connectivity index (χ1v) is 7.57. The number of nitro groups is 1. The van der Waals surface area contributed by atoms with Gasteiger partial charge in [0.05, 0.1) is 17.8 Å². The topological polar surface area (TPSA) is 107 Å². The molecule has 0 saturated heterocycles. The van der Waals surface area contributed by atoms with Crippen molar-refractivity contribution >= 4 is 15.9 Å². The van der Waals surface area contributed by atoms with Crippen molar-refractivity contribution in [2.75, 3.05) is 12.9 Å². The van der Waals surface area contributed by atoms with E-state index in [0.29, 0.717) is 5.56 Å². The summed E-state index contributed by atoms with van der Waals surface area (Å²) in [5.74, 6) is -0.303. The first-order valence-electron chi connectivity index (χ1n) is 5.92. The Kier molecular flexibility index (Phi) is 3.73. The molecule has 112 valence electrons. The molecule has 1 aromatic carbocycles. The zero-order chi connectivity index (χ0) is 15.8. The summed E-state index contributed by atoms with van der Waals surface area (Å²) in [4.78, 5) is 10.0. The van der Waals surface area contributed by atoms with Gasteiger partial charge in [0, 0.05) is 5.57 Å². The summed E-state index contributed by atoms with van der Waals surface area (Å²) < 4.78 is 29.0. The van der Waals surface area contributed by atoms with Gasteiger partial charge in [0.1, 0.15) is 4.91 Å². The normalized spacial score (nSPS) is 19.0. The molecule has 0 fully saturated rings. The van der Waals surface area contributed by atoms with Crippen LogP contribution in [-0.2, 0) is 9.84 Å². The Morgan fingerprint density at radius 2 is 2.10 bits per heavy atom. The third-order valence-electron chi connectivity index (χ3n) is 3.06. The maximum absolute atomic E-state index is 12.0. The summed E-state index contributed by atoms with van der Waals surface area (Å²) in [5.41, 5.74) is 0.205. The Morgan fingerprint density at radius 3 is 2.67 bits per heavy atom. The van der Waals surface area contributed by atoms with Crippen molar-refractivity contribution in [3.8, 4) is 11.5 Å². The van der Waals surface area contributed by atoms with Gasteiger partial charge < -0.3 is 9.84 Å². The van der Waals surface area contributed by atoms with Gasteiger partial charge in [0.15, 0.2) is 21.3 Å². The molecule has 1 N–H and O–H groups in total. The van der Waals surface area contributed by atoms with E-state index in [-0.39, 0.29) is 33.4 Å². The van der Waals surface area contributed by atoms with Crippen molar-refractivity contribution in [3.63, 3.8) is 0 Å². The van der Waals surface area contributed by atoms with Crippen LogP contribution in [0.5, 0.6) is 11.5 Å². The van der Waals surface area contributed by atoms with Gasteiger partial charge in [-0.2, -0.15) is 0 Å². The maximum atomic E-state index is 12.0. The minimum absolute atomic E-state index is 0.102. The van der Waals surface area contributed by atoms with Crippen LogP contribution in [0.15, 0.2) is 34.4 Å². The third-order valence-corrected chi connectivity index (χ3v) is 4.86. The van der Waals surface area contributed by atoms with E-state index in [1.54, 1.807) is 0 Å². The molecule has 21 heavy (non-hydrogen) atoms. The zero-order valence-electron chi connectivity index (χ0n) is 11.4. The molecule has 2 rings (SSSR count). The lowest BCUT2D eigenvalue weighted by molar-refractivity contribution is -0.420. The highest BCUT2D eigenvalue weighted by molar-refractivity contribution is 7.96. The number of rotatable bonds is 3. The lowest BCUT2D eigenvalue weighted by Gasteiger charge is -2.04. The molecule has 0 unspecified atom stereocenters. The molecule has 7 nitrogen and oxygen atoms in total. The smallest absolute Gasteiger partial charge is 0.287 e. The Balaban J connectivity index is 2.60. The fraction of sp³-hybridized carbons (Fsp3) is 0.231. The quantitative estimate of drug-likeness (QED) is 0.673. The van der Waals surface area contributed by atoms with E-state index in [2.05, 4.69) is 0 Å². The maximum Gasteiger partial charge on any atom is 0.287 e. The molecule has 0 aliphatic carbocycles. The number of sulfone groups is 1. The number of methoxy groups -OCH3 is 1. The van der Waals surface area contributed by atoms with E-state index in [4.69, 9.17) is 4.74 Å². The monoisotopic (exact) mass is 311 g/mol. The molecule has 0 bridgehead atoms. The van der Waals surface area contributed by atoms with Gasteiger partial charge in [-0.1, -0.05) is 6.07 Å². The Bertz CT molecular complexity index is 776. The molecular formula is C13H13NO6S. The second-order valence-electron chi connectivity index (χ2n) is 4.59. The molecule has 0 atom stereocenters. The molecule has 1 aliphatic rings. The number of phenols is 1. The lowest BCUT2D eigenvalue weighted by Crippen LogP contribution is -2.05. The van der Waals surface area contributed by atoms with E-state index >= 15 is 0 Å². The number of benzene rings is 1. The van der Waals surface area contributed by atoms with Crippen LogP contribution in [0.1, 0.15) is 12.5 Å². The van der Waals surface area contributed by atoms with Crippen molar-refractivity contribution in [3.05, 3.63) is 50.1 Å². The summed E-state index contributed by atoms with van der Waals surface area (Å²) in [7, 11) is -2.36. The van der Waals surface area contributed by atoms with Crippen LogP contribution in [0.25, 0.3) is 6.08 Å². The van der Waals surface area contributed by atoms with E-state index < -0.39 is 14.8 Å². The number of aromatic hydroxyl groups is 1. The standard InChI is InChI=1S/C13H13NO6S/c1-8-7-21(18,19)12(13(8)14(16)17)6-9-3-4-10(15)11(5-9)20-2/h3-6,15H,7H2,1-2H3/b12-6+. The van der Waals surface area contributed by atoms with Gasteiger partial charge in [0.25, 0.3) is 5.70 Å². The number of hydrogen-bond acceptors (Lipinski definition) is 6. The van der Waals surface area contributed by atoms with Gasteiger partial charge in [0.2, 0.25) is 0 Å². The number of hydrogen-bond donors (Lipinski definition) is 1. The Hall–Kier alpha value is -2.35. The number of nitrogens with zero attached hydrogens (tertiary/aromatic N) is 1. The van der Waals surface area contributed by atoms with Crippen molar-refractivity contribution in [2.45, 2.75) is 6.92 Å². The van der Waals surface area contributed by atoms with Crippen LogP contribution >= 0.6 is 0 Å². The predicted molar refractivity (Wildman–Crippen MR) is 76.1 cm³/mol. The molecule has 1 heterocycles. The molecule has 0 aromatic heterocycles. The van der Waals surface area contributed by atoms with Gasteiger partial charge >= 0.3 is 0 Å². The fourth-order valence-electron chi connectivity index (χ4n) is 2.13. The second-order valence-corrected chi connectivity index (χ2v) is 6.54. The van der Waals surface area contributed by atoms with Crippen molar-refractivity contribution in [2.24, 2.45) is 0 Å². The van der Waals surface area contributed by atoms with E-state index in [0.717, 1.165) is 0 Å². The summed E-state index contributed by atoms with van der Waals surface area (Å²) in [6.07, 6.45) is 1.21. The molecular weight excluding hydrogens is 298 g/mol. The van der Waals surface area contributed by atoms with Gasteiger partial charge in [-0.3, -0.25) is 10.1 Å². The highest BCUT2D eigenvalue weighted by atomic mass is 32.2. The van der Waals surface area contributed by atoms with Crippen LogP contribution in [-0.4, -0.2) is 31.3 Å². The minimum atomic E-state index is -3.72. The molecule has 1 aromatic rings. The molecule has 0 radical (unpaired) electrons. The van der Waals surface area contributed by atoms with Crippen LogP contribution in [0.2, 0.25) is 0 Å². The fourth-order valence-corrected chi connectivity index (χ4v) is 3.85. The highest BCUT2D eigenvalue weighted by Gasteiger charge is 2.39. The highest BCUT2D eigenvalue weighted by Crippen LogP contribution is 2.34. The summed E-state index contributed by atoms with van der Waals surface area (Å²) in [5, 5.41) is 20.6. The Morgan fingerprint density at radius 1 is 1.43 bits per heavy atom. The largest absolute Gasteiger partial charge is 0.504 e. The SMILES string of the molecule is COc1cc(/C=C2\C([N+](=O)[O-])=C(C)CS2(=O)=O)ccc1O. The van der Waals surface area contributed by atoms with E-state index in [1.807, 2.05) is 0 Å². The van der Waals surface area contributed by atoms with E-state index in [1.165, 1.54) is 38.3 Å². The third kappa shape index (κ3) is 2.75. The first-order chi connectivity index (χ1) is 9.76. The first kappa shape index (κ1) is 15.0. The van der Waals surface area contributed by atoms with Crippen molar-refractivity contribution < 1.29 is 23.2 Å².